The molecule has 184 valence electrons. The number of β-amino-alcohol motifs (C(OH)–C–C–N with tert-alkyl or cyclic N) is 1. The lowest BCUT2D eigenvalue weighted by molar-refractivity contribution is -0.119. The second-order valence-electron chi connectivity index (χ2n) is 8.82. The SMILES string of the molecule is CC1=C(NC(=O)C2CN=C(Nc3cc(N4CCN(CCO)CC4)nc(C)n3)S2)C(Cl)=CCC1C. The molecule has 0 radical (unpaired) electrons. The molecule has 34 heavy (non-hydrogen) atoms. The van der Waals surface area contributed by atoms with Crippen LogP contribution in [0.1, 0.15) is 26.1 Å². The summed E-state index contributed by atoms with van der Waals surface area (Å²) >= 11 is 7.75. The number of nitrogens with one attached hydrogen (secondary N) is 2. The Bertz CT molecular complexity index is 1020. The number of carbonyl (C=O) groups excluding carboxylic acids is 1. The second kappa shape index (κ2) is 11.1. The molecule has 0 spiro atoms. The van der Waals surface area contributed by atoms with Gasteiger partial charge in [0.15, 0.2) is 5.17 Å². The molecule has 2 atom stereocenters. The smallest absolute Gasteiger partial charge is 0.239 e. The number of aliphatic imine (C=N–C) groups is 1. The molecule has 1 aromatic heterocycles. The Labute approximate surface area is 209 Å². The molecular weight excluding hydrogens is 474 g/mol. The summed E-state index contributed by atoms with van der Waals surface area (Å²) in [5.74, 6) is 2.46. The van der Waals surface area contributed by atoms with Crippen LogP contribution in [0.3, 0.4) is 0 Å². The van der Waals surface area contributed by atoms with Crippen LogP contribution >= 0.6 is 23.4 Å². The maximum Gasteiger partial charge on any atom is 0.239 e. The molecule has 1 amide bonds. The molecule has 1 saturated heterocycles. The third-order valence-corrected chi connectivity index (χ3v) is 7.84. The van der Waals surface area contributed by atoms with Crippen molar-refractivity contribution >= 4 is 46.1 Å². The van der Waals surface area contributed by atoms with Gasteiger partial charge in [0.1, 0.15) is 22.7 Å². The van der Waals surface area contributed by atoms with Gasteiger partial charge < -0.3 is 20.6 Å². The molecule has 3 N–H and O–H groups in total. The fourth-order valence-corrected chi connectivity index (χ4v) is 5.35. The zero-order valence-electron chi connectivity index (χ0n) is 19.8. The monoisotopic (exact) mass is 505 g/mol. The van der Waals surface area contributed by atoms with Crippen molar-refractivity contribution in [3.8, 4) is 0 Å². The van der Waals surface area contributed by atoms with Crippen molar-refractivity contribution in [3.63, 3.8) is 0 Å². The molecule has 1 aromatic rings. The van der Waals surface area contributed by atoms with E-state index in [1.807, 2.05) is 26.0 Å². The van der Waals surface area contributed by atoms with Crippen LogP contribution in [0.4, 0.5) is 11.6 Å². The summed E-state index contributed by atoms with van der Waals surface area (Å²) in [6.45, 7) is 10.8. The summed E-state index contributed by atoms with van der Waals surface area (Å²) in [5.41, 5.74) is 1.83. The van der Waals surface area contributed by atoms with Crippen molar-refractivity contribution in [2.24, 2.45) is 10.9 Å². The van der Waals surface area contributed by atoms with E-state index in [1.165, 1.54) is 11.8 Å². The van der Waals surface area contributed by atoms with Gasteiger partial charge in [0.25, 0.3) is 0 Å². The number of nitrogens with zero attached hydrogens (tertiary/aromatic N) is 5. The molecule has 0 bridgehead atoms. The molecule has 2 unspecified atom stereocenters. The predicted octanol–water partition coefficient (Wildman–Crippen LogP) is 2.34. The average Bonchev–Trinajstić information content (AvgIpc) is 3.28. The Morgan fingerprint density at radius 2 is 2.03 bits per heavy atom. The van der Waals surface area contributed by atoms with E-state index in [-0.39, 0.29) is 17.8 Å². The second-order valence-corrected chi connectivity index (χ2v) is 10.4. The normalized spacial score (nSPS) is 23.6. The number of anilines is 2. The first-order chi connectivity index (χ1) is 16.3. The van der Waals surface area contributed by atoms with Gasteiger partial charge in [-0.15, -0.1) is 0 Å². The average molecular weight is 506 g/mol. The number of allylic oxidation sites excluding steroid dienone is 3. The highest BCUT2D eigenvalue weighted by Gasteiger charge is 2.29. The van der Waals surface area contributed by atoms with Crippen LogP contribution in [0.25, 0.3) is 0 Å². The number of aliphatic hydroxyl groups excluding tert-OH is 1. The summed E-state index contributed by atoms with van der Waals surface area (Å²) in [5, 5.41) is 16.4. The van der Waals surface area contributed by atoms with Gasteiger partial charge in [-0.3, -0.25) is 14.7 Å². The summed E-state index contributed by atoms with van der Waals surface area (Å²) < 4.78 is 0. The van der Waals surface area contributed by atoms with Crippen LogP contribution in [-0.4, -0.2) is 82.2 Å². The van der Waals surface area contributed by atoms with E-state index >= 15 is 0 Å². The first-order valence-corrected chi connectivity index (χ1v) is 12.9. The van der Waals surface area contributed by atoms with E-state index in [0.29, 0.717) is 40.8 Å². The van der Waals surface area contributed by atoms with E-state index in [1.54, 1.807) is 0 Å². The number of amides is 1. The van der Waals surface area contributed by atoms with E-state index in [0.717, 1.165) is 49.7 Å². The number of carbonyl (C=O) groups is 1. The number of aromatic nitrogens is 2. The van der Waals surface area contributed by atoms with Crippen LogP contribution < -0.4 is 15.5 Å². The maximum absolute atomic E-state index is 12.9. The van der Waals surface area contributed by atoms with Gasteiger partial charge in [-0.05, 0) is 31.8 Å². The molecule has 0 aromatic carbocycles. The molecule has 9 nitrogen and oxygen atoms in total. The van der Waals surface area contributed by atoms with Crippen LogP contribution in [0.2, 0.25) is 0 Å². The highest BCUT2D eigenvalue weighted by molar-refractivity contribution is 8.15. The number of thioether (sulfide) groups is 1. The summed E-state index contributed by atoms with van der Waals surface area (Å²) in [6, 6.07) is 1.92. The molecule has 1 fully saturated rings. The third kappa shape index (κ3) is 5.91. The maximum atomic E-state index is 12.9. The number of halogens is 1. The van der Waals surface area contributed by atoms with E-state index < -0.39 is 0 Å². The minimum absolute atomic E-state index is 0.0964. The molecular formula is C23H32ClN7O2S. The predicted molar refractivity (Wildman–Crippen MR) is 138 cm³/mol. The molecule has 11 heteroatoms. The molecule has 3 heterocycles. The number of aryl methyl sites for hydroxylation is 1. The summed E-state index contributed by atoms with van der Waals surface area (Å²) in [6.07, 6.45) is 2.85. The molecule has 2 aliphatic heterocycles. The number of aliphatic hydroxyl groups is 1. The lowest BCUT2D eigenvalue weighted by Crippen LogP contribution is -2.47. The van der Waals surface area contributed by atoms with Crippen LogP contribution in [0, 0.1) is 12.8 Å². The highest BCUT2D eigenvalue weighted by atomic mass is 35.5. The van der Waals surface area contributed by atoms with Crippen molar-refractivity contribution in [3.05, 3.63) is 34.3 Å². The Kier molecular flexibility index (Phi) is 8.13. The van der Waals surface area contributed by atoms with E-state index in [9.17, 15) is 4.79 Å². The van der Waals surface area contributed by atoms with Gasteiger partial charge in [0.05, 0.1) is 23.9 Å². The van der Waals surface area contributed by atoms with Crippen LogP contribution in [-0.2, 0) is 4.79 Å². The van der Waals surface area contributed by atoms with Gasteiger partial charge in [0, 0.05) is 38.8 Å². The molecule has 4 rings (SSSR count). The fourth-order valence-electron chi connectivity index (χ4n) is 4.17. The van der Waals surface area contributed by atoms with Gasteiger partial charge in [-0.25, -0.2) is 9.97 Å². The van der Waals surface area contributed by atoms with Crippen molar-refractivity contribution in [1.82, 2.24) is 20.2 Å². The highest BCUT2D eigenvalue weighted by Crippen LogP contribution is 2.31. The zero-order chi connectivity index (χ0) is 24.2. The Hall–Kier alpha value is -2.14. The molecule has 3 aliphatic rings. The Morgan fingerprint density at radius 1 is 1.26 bits per heavy atom. The van der Waals surface area contributed by atoms with E-state index in [4.69, 9.17) is 16.7 Å². The van der Waals surface area contributed by atoms with E-state index in [2.05, 4.69) is 42.3 Å². The number of amidine groups is 1. The van der Waals surface area contributed by atoms with Gasteiger partial charge in [-0.2, -0.15) is 0 Å². The molecule has 0 saturated carbocycles. The largest absolute Gasteiger partial charge is 0.395 e. The summed E-state index contributed by atoms with van der Waals surface area (Å²) in [7, 11) is 0. The van der Waals surface area contributed by atoms with Crippen molar-refractivity contribution in [1.29, 1.82) is 0 Å². The van der Waals surface area contributed by atoms with Crippen LogP contribution in [0.15, 0.2) is 33.4 Å². The van der Waals surface area contributed by atoms with Crippen molar-refractivity contribution < 1.29 is 9.90 Å². The van der Waals surface area contributed by atoms with Crippen molar-refractivity contribution in [2.45, 2.75) is 32.4 Å². The number of hydrogen-bond acceptors (Lipinski definition) is 9. The number of hydrogen-bond donors (Lipinski definition) is 3. The Balaban J connectivity index is 1.35. The third-order valence-electron chi connectivity index (χ3n) is 6.39. The first kappa shape index (κ1) is 25.0. The lowest BCUT2D eigenvalue weighted by Gasteiger charge is -2.35. The van der Waals surface area contributed by atoms with Gasteiger partial charge >= 0.3 is 0 Å². The topological polar surface area (TPSA) is 106 Å². The van der Waals surface area contributed by atoms with Gasteiger partial charge in [0.2, 0.25) is 5.91 Å². The minimum atomic E-state index is -0.327. The molecule has 1 aliphatic carbocycles. The fraction of sp³-hybridized carbons (Fsp3) is 0.565. The standard InChI is InChI=1S/C23H32ClN7O2S/c1-14-4-5-17(24)21(15(14)2)29-22(33)18-13-25-23(34-18)28-19-12-20(27-16(3)26-19)31-8-6-30(7-9-31)10-11-32/h5,12,14,18,32H,4,6-11,13H2,1-3H3,(H,29,33)(H,25,26,27,28). The number of piperazine rings is 1. The number of rotatable bonds is 6. The lowest BCUT2D eigenvalue weighted by atomic mass is 9.92. The van der Waals surface area contributed by atoms with Gasteiger partial charge in [-0.1, -0.05) is 36.4 Å². The summed E-state index contributed by atoms with van der Waals surface area (Å²) in [4.78, 5) is 31.0. The first-order valence-electron chi connectivity index (χ1n) is 11.6. The van der Waals surface area contributed by atoms with Crippen LogP contribution in [0.5, 0.6) is 0 Å². The zero-order valence-corrected chi connectivity index (χ0v) is 21.4. The minimum Gasteiger partial charge on any atom is -0.395 e. The quantitative estimate of drug-likeness (QED) is 0.541. The Morgan fingerprint density at radius 3 is 2.76 bits per heavy atom. The van der Waals surface area contributed by atoms with Crippen molar-refractivity contribution in [2.75, 3.05) is 56.1 Å².